The van der Waals surface area contributed by atoms with E-state index in [4.69, 9.17) is 5.11 Å². The molecule has 7 heteroatoms. The Bertz CT molecular complexity index is 672. The number of thiazole rings is 1. The summed E-state index contributed by atoms with van der Waals surface area (Å²) in [6.07, 6.45) is 1.63. The molecule has 2 N–H and O–H groups in total. The van der Waals surface area contributed by atoms with Crippen molar-refractivity contribution in [3.8, 4) is 0 Å². The van der Waals surface area contributed by atoms with Crippen LogP contribution in [0.4, 0.5) is 15.6 Å². The normalized spacial score (nSPS) is 16.6. The third-order valence-corrected chi connectivity index (χ3v) is 4.07. The Morgan fingerprint density at radius 2 is 2.24 bits per heavy atom. The zero-order chi connectivity index (χ0) is 14.8. The third kappa shape index (κ3) is 2.73. The summed E-state index contributed by atoms with van der Waals surface area (Å²) in [5.74, 6) is -1.04. The van der Waals surface area contributed by atoms with E-state index in [1.165, 1.54) is 11.3 Å². The number of aliphatic carboxylic acids is 1. The summed E-state index contributed by atoms with van der Waals surface area (Å²) in [6.45, 7) is 0.364. The largest absolute Gasteiger partial charge is 0.481 e. The summed E-state index contributed by atoms with van der Waals surface area (Å²) in [4.78, 5) is 28.9. The predicted molar refractivity (Wildman–Crippen MR) is 79.9 cm³/mol. The summed E-state index contributed by atoms with van der Waals surface area (Å²) < 4.78 is 0. The highest BCUT2D eigenvalue weighted by atomic mass is 32.1. The molecule has 6 nitrogen and oxygen atoms in total. The molecule has 2 amide bonds. The van der Waals surface area contributed by atoms with Crippen LogP contribution in [0.1, 0.15) is 17.9 Å². The van der Waals surface area contributed by atoms with Gasteiger partial charge in [0, 0.05) is 29.7 Å². The molecule has 0 saturated carbocycles. The second kappa shape index (κ2) is 5.53. The minimum Gasteiger partial charge on any atom is -0.481 e. The molecule has 0 saturated heterocycles. The van der Waals surface area contributed by atoms with Crippen molar-refractivity contribution in [1.29, 1.82) is 0 Å². The number of fused-ring (bicyclic) bond motifs is 1. The summed E-state index contributed by atoms with van der Waals surface area (Å²) in [7, 11) is 0. The van der Waals surface area contributed by atoms with Gasteiger partial charge in [-0.2, -0.15) is 0 Å². The van der Waals surface area contributed by atoms with Crippen molar-refractivity contribution in [2.75, 3.05) is 16.8 Å². The lowest BCUT2D eigenvalue weighted by atomic mass is 9.98. The van der Waals surface area contributed by atoms with Crippen molar-refractivity contribution >= 4 is 34.2 Å². The molecule has 0 radical (unpaired) electrons. The molecular weight excluding hydrogens is 290 g/mol. The number of carbonyl (C=O) groups is 2. The van der Waals surface area contributed by atoms with E-state index in [-0.39, 0.29) is 18.4 Å². The highest BCUT2D eigenvalue weighted by molar-refractivity contribution is 7.13. The highest BCUT2D eigenvalue weighted by Crippen LogP contribution is 2.38. The molecule has 0 fully saturated rings. The molecule has 1 aliphatic heterocycles. The number of nitrogens with one attached hydrogen (secondary N) is 1. The molecule has 2 aromatic rings. The van der Waals surface area contributed by atoms with Gasteiger partial charge >= 0.3 is 12.0 Å². The molecule has 2 heterocycles. The van der Waals surface area contributed by atoms with E-state index in [9.17, 15) is 9.59 Å². The number of anilines is 2. The molecule has 1 unspecified atom stereocenters. The fourth-order valence-electron chi connectivity index (χ4n) is 2.52. The van der Waals surface area contributed by atoms with Crippen LogP contribution in [0.2, 0.25) is 0 Å². The Morgan fingerprint density at radius 1 is 1.43 bits per heavy atom. The SMILES string of the molecule is O=C(O)CC1CN(C(=O)Nc2nccs2)c2ccccc21. The van der Waals surface area contributed by atoms with Crippen LogP contribution in [0.3, 0.4) is 0 Å². The fraction of sp³-hybridized carbons (Fsp3) is 0.214. The second-order valence-corrected chi connectivity index (χ2v) is 5.63. The zero-order valence-corrected chi connectivity index (χ0v) is 11.8. The number of benzene rings is 1. The van der Waals surface area contributed by atoms with Crippen molar-refractivity contribution in [3.05, 3.63) is 41.4 Å². The molecule has 1 aliphatic rings. The Morgan fingerprint density at radius 3 is 2.95 bits per heavy atom. The molecule has 1 aromatic heterocycles. The minimum absolute atomic E-state index is 0.0119. The number of hydrogen-bond donors (Lipinski definition) is 2. The van der Waals surface area contributed by atoms with Crippen molar-refractivity contribution in [1.82, 2.24) is 4.98 Å². The molecule has 0 bridgehead atoms. The molecule has 108 valence electrons. The number of carboxylic acid groups (broad SMARTS) is 1. The lowest BCUT2D eigenvalue weighted by molar-refractivity contribution is -0.137. The summed E-state index contributed by atoms with van der Waals surface area (Å²) >= 11 is 1.34. The average Bonchev–Trinajstić information content (AvgIpc) is 3.07. The molecule has 21 heavy (non-hydrogen) atoms. The number of rotatable bonds is 3. The van der Waals surface area contributed by atoms with Crippen molar-refractivity contribution in [2.24, 2.45) is 0 Å². The van der Waals surface area contributed by atoms with Gasteiger partial charge in [0.15, 0.2) is 5.13 Å². The molecule has 0 aliphatic carbocycles. The number of para-hydroxylation sites is 1. The Kier molecular flexibility index (Phi) is 3.57. The Hall–Kier alpha value is -2.41. The van der Waals surface area contributed by atoms with Crippen LogP contribution in [0.5, 0.6) is 0 Å². The van der Waals surface area contributed by atoms with E-state index < -0.39 is 5.97 Å². The third-order valence-electron chi connectivity index (χ3n) is 3.38. The monoisotopic (exact) mass is 303 g/mol. The van der Waals surface area contributed by atoms with Crippen LogP contribution < -0.4 is 10.2 Å². The molecule has 3 rings (SSSR count). The van der Waals surface area contributed by atoms with Gasteiger partial charge in [0.2, 0.25) is 0 Å². The summed E-state index contributed by atoms with van der Waals surface area (Å²) in [5.41, 5.74) is 1.66. The van der Waals surface area contributed by atoms with E-state index >= 15 is 0 Å². The van der Waals surface area contributed by atoms with Gasteiger partial charge in [-0.3, -0.25) is 15.0 Å². The van der Waals surface area contributed by atoms with Crippen molar-refractivity contribution in [2.45, 2.75) is 12.3 Å². The molecule has 1 atom stereocenters. The first-order valence-corrected chi connectivity index (χ1v) is 7.32. The maximum Gasteiger partial charge on any atom is 0.328 e. The minimum atomic E-state index is -0.864. The van der Waals surface area contributed by atoms with E-state index in [0.29, 0.717) is 11.7 Å². The standard InChI is InChI=1S/C14H13N3O3S/c18-12(19)7-9-8-17(11-4-2-1-3-10(9)11)14(20)16-13-15-5-6-21-13/h1-6,9H,7-8H2,(H,18,19)(H,15,16,20). The van der Waals surface area contributed by atoms with E-state index in [0.717, 1.165) is 11.3 Å². The van der Waals surface area contributed by atoms with Crippen LogP contribution in [0, 0.1) is 0 Å². The molecule has 1 aromatic carbocycles. The van der Waals surface area contributed by atoms with Crippen LogP contribution in [0.25, 0.3) is 0 Å². The van der Waals surface area contributed by atoms with E-state index in [1.807, 2.05) is 24.3 Å². The average molecular weight is 303 g/mol. The van der Waals surface area contributed by atoms with Crippen LogP contribution in [-0.4, -0.2) is 28.6 Å². The molecule has 0 spiro atoms. The van der Waals surface area contributed by atoms with Crippen molar-refractivity contribution in [3.63, 3.8) is 0 Å². The van der Waals surface area contributed by atoms with Gasteiger partial charge in [-0.1, -0.05) is 18.2 Å². The smallest absolute Gasteiger partial charge is 0.328 e. The highest BCUT2D eigenvalue weighted by Gasteiger charge is 2.33. The van der Waals surface area contributed by atoms with Crippen LogP contribution in [-0.2, 0) is 4.79 Å². The van der Waals surface area contributed by atoms with Gasteiger partial charge in [-0.05, 0) is 11.6 Å². The number of urea groups is 1. The first-order valence-electron chi connectivity index (χ1n) is 6.44. The van der Waals surface area contributed by atoms with E-state index in [2.05, 4.69) is 10.3 Å². The molecular formula is C14H13N3O3S. The van der Waals surface area contributed by atoms with Gasteiger partial charge in [-0.15, -0.1) is 11.3 Å². The zero-order valence-electron chi connectivity index (χ0n) is 11.0. The second-order valence-electron chi connectivity index (χ2n) is 4.73. The number of aromatic nitrogens is 1. The summed E-state index contributed by atoms with van der Waals surface area (Å²) in [6, 6.07) is 7.12. The number of carboxylic acids is 1. The fourth-order valence-corrected chi connectivity index (χ4v) is 3.04. The Labute approximate surface area is 125 Å². The number of amides is 2. The van der Waals surface area contributed by atoms with Gasteiger partial charge in [-0.25, -0.2) is 9.78 Å². The Balaban J connectivity index is 1.83. The summed E-state index contributed by atoms with van der Waals surface area (Å²) in [5, 5.41) is 14.0. The van der Waals surface area contributed by atoms with Gasteiger partial charge in [0.25, 0.3) is 0 Å². The first kappa shape index (κ1) is 13.6. The van der Waals surface area contributed by atoms with Gasteiger partial charge in [0.1, 0.15) is 0 Å². The maximum absolute atomic E-state index is 12.3. The van der Waals surface area contributed by atoms with Gasteiger partial charge < -0.3 is 5.11 Å². The van der Waals surface area contributed by atoms with Crippen LogP contribution >= 0.6 is 11.3 Å². The topological polar surface area (TPSA) is 82.5 Å². The lowest BCUT2D eigenvalue weighted by Crippen LogP contribution is -2.34. The number of nitrogens with zero attached hydrogens (tertiary/aromatic N) is 2. The lowest BCUT2D eigenvalue weighted by Gasteiger charge is -2.17. The van der Waals surface area contributed by atoms with Gasteiger partial charge in [0.05, 0.1) is 6.42 Å². The predicted octanol–water partition coefficient (Wildman–Crippen LogP) is 2.75. The van der Waals surface area contributed by atoms with Crippen LogP contribution in [0.15, 0.2) is 35.8 Å². The number of hydrogen-bond acceptors (Lipinski definition) is 4. The van der Waals surface area contributed by atoms with Crippen molar-refractivity contribution < 1.29 is 14.7 Å². The first-order chi connectivity index (χ1) is 10.1. The quantitative estimate of drug-likeness (QED) is 0.913. The maximum atomic E-state index is 12.3. The van der Waals surface area contributed by atoms with E-state index in [1.54, 1.807) is 16.5 Å². The number of carbonyl (C=O) groups excluding carboxylic acids is 1.